The highest BCUT2D eigenvalue weighted by Gasteiger charge is 2.26. The maximum Gasteiger partial charge on any atom is 0.0629 e. The van der Waals surface area contributed by atoms with Crippen LogP contribution in [-0.4, -0.2) is 66.9 Å². The normalized spacial score (nSPS) is 20.1. The zero-order valence-electron chi connectivity index (χ0n) is 21.5. The Kier molecular flexibility index (Phi) is 11.8. The first-order valence-corrected chi connectivity index (χ1v) is 14.6. The number of hydrogen-bond acceptors (Lipinski definition) is 5. The zero-order chi connectivity index (χ0) is 25.3. The lowest BCUT2D eigenvalue weighted by molar-refractivity contribution is -0.0432. The van der Waals surface area contributed by atoms with Gasteiger partial charge in [-0.05, 0) is 125 Å². The van der Waals surface area contributed by atoms with Crippen LogP contribution < -0.4 is 0 Å². The van der Waals surface area contributed by atoms with E-state index < -0.39 is 0 Å². The van der Waals surface area contributed by atoms with Crippen molar-refractivity contribution in [2.75, 3.05) is 46.4 Å². The average Bonchev–Trinajstić information content (AvgIpc) is 3.50. The average molecular weight is 542 g/mol. The molecule has 2 aliphatic rings. The van der Waals surface area contributed by atoms with E-state index in [1.54, 1.807) is 11.3 Å². The summed E-state index contributed by atoms with van der Waals surface area (Å²) < 4.78 is 5.83. The lowest BCUT2D eigenvalue weighted by Gasteiger charge is -2.34. The molecule has 4 nitrogen and oxygen atoms in total. The van der Waals surface area contributed by atoms with Gasteiger partial charge in [0.2, 0.25) is 0 Å². The third-order valence-electron chi connectivity index (χ3n) is 7.11. The van der Waals surface area contributed by atoms with Crippen LogP contribution in [0.4, 0.5) is 0 Å². The number of ether oxygens (including phenoxy) is 1. The second kappa shape index (κ2) is 14.3. The molecular formula is C28H42Cl2N2O2S. The fourth-order valence-electron chi connectivity index (χ4n) is 5.08. The highest BCUT2D eigenvalue weighted by Crippen LogP contribution is 2.31. The van der Waals surface area contributed by atoms with Crippen molar-refractivity contribution in [2.24, 2.45) is 5.92 Å². The Morgan fingerprint density at radius 1 is 1.11 bits per heavy atom. The first-order valence-electron chi connectivity index (χ1n) is 12.9. The number of rotatable bonds is 9. The van der Waals surface area contributed by atoms with Crippen molar-refractivity contribution >= 4 is 34.5 Å². The summed E-state index contributed by atoms with van der Waals surface area (Å²) in [5, 5.41) is 14.6. The van der Waals surface area contributed by atoms with Gasteiger partial charge in [0.15, 0.2) is 0 Å². The maximum atomic E-state index is 8.73. The SMILES string of the molecule is CN1CCC(CC(C)(C)OCCCO)CC1.Clc1ccc(CN2CC[C@@H](c3ccsc3)C2)c(Cl)c1. The topological polar surface area (TPSA) is 35.9 Å². The fourth-order valence-corrected chi connectivity index (χ4v) is 6.29. The number of aliphatic hydroxyl groups excluding tert-OH is 1. The zero-order valence-corrected chi connectivity index (χ0v) is 23.8. The highest BCUT2D eigenvalue weighted by atomic mass is 35.5. The van der Waals surface area contributed by atoms with E-state index in [0.29, 0.717) is 17.5 Å². The summed E-state index contributed by atoms with van der Waals surface area (Å²) in [5.74, 6) is 1.48. The van der Waals surface area contributed by atoms with Gasteiger partial charge in [-0.3, -0.25) is 4.90 Å². The quantitative estimate of drug-likeness (QED) is 0.349. The van der Waals surface area contributed by atoms with E-state index in [-0.39, 0.29) is 12.2 Å². The Balaban J connectivity index is 0.000000199. The molecule has 3 heterocycles. The standard InChI is InChI=1S/C15H15Cl2NS.C13H27NO2/c16-14-2-1-12(15(17)7-14)9-18-5-3-11(8-18)13-4-6-19-10-13;1-13(2,16-10-4-9-15)11-12-5-7-14(3)8-6-12/h1-2,4,6-7,10-11H,3,5,8-9H2;12,15H,4-11H2,1-3H3/t11-;/m1./s1. The van der Waals surface area contributed by atoms with Crippen molar-refractivity contribution < 1.29 is 9.84 Å². The van der Waals surface area contributed by atoms with E-state index in [1.165, 1.54) is 37.9 Å². The molecule has 0 bridgehead atoms. The number of hydrogen-bond donors (Lipinski definition) is 1. The molecule has 2 aliphatic heterocycles. The summed E-state index contributed by atoms with van der Waals surface area (Å²) in [4.78, 5) is 4.87. The third kappa shape index (κ3) is 9.96. The van der Waals surface area contributed by atoms with Crippen LogP contribution in [0.1, 0.15) is 63.0 Å². The molecule has 2 aromatic rings. The van der Waals surface area contributed by atoms with Crippen LogP contribution in [0.2, 0.25) is 10.0 Å². The lowest BCUT2D eigenvalue weighted by Crippen LogP contribution is -2.35. The lowest BCUT2D eigenvalue weighted by atomic mass is 9.86. The predicted octanol–water partition coefficient (Wildman–Crippen LogP) is 6.94. The smallest absolute Gasteiger partial charge is 0.0629 e. The molecule has 196 valence electrons. The van der Waals surface area contributed by atoms with E-state index in [2.05, 4.69) is 47.5 Å². The van der Waals surface area contributed by atoms with Crippen LogP contribution >= 0.6 is 34.5 Å². The Morgan fingerprint density at radius 3 is 2.54 bits per heavy atom. The molecule has 2 fully saturated rings. The van der Waals surface area contributed by atoms with Gasteiger partial charge in [0.1, 0.15) is 0 Å². The maximum absolute atomic E-state index is 8.73. The molecule has 1 aromatic heterocycles. The van der Waals surface area contributed by atoms with Gasteiger partial charge in [-0.1, -0.05) is 29.3 Å². The molecule has 0 spiro atoms. The molecule has 1 N–H and O–H groups in total. The molecule has 2 saturated heterocycles. The molecule has 0 radical (unpaired) electrons. The summed E-state index contributed by atoms with van der Waals surface area (Å²) in [6.45, 7) is 10.9. The number of likely N-dealkylation sites (tertiary alicyclic amines) is 2. The molecule has 0 amide bonds. The predicted molar refractivity (Wildman–Crippen MR) is 150 cm³/mol. The molecular weight excluding hydrogens is 499 g/mol. The molecule has 4 rings (SSSR count). The first-order chi connectivity index (χ1) is 16.8. The van der Waals surface area contributed by atoms with Crippen LogP contribution in [0.3, 0.4) is 0 Å². The third-order valence-corrected chi connectivity index (χ3v) is 8.40. The monoisotopic (exact) mass is 540 g/mol. The molecule has 0 unspecified atom stereocenters. The molecule has 0 aliphatic carbocycles. The summed E-state index contributed by atoms with van der Waals surface area (Å²) in [6, 6.07) is 8.01. The van der Waals surface area contributed by atoms with Gasteiger partial charge in [0.05, 0.1) is 5.60 Å². The minimum Gasteiger partial charge on any atom is -0.396 e. The van der Waals surface area contributed by atoms with Crippen LogP contribution in [0.25, 0.3) is 0 Å². The van der Waals surface area contributed by atoms with Gasteiger partial charge in [-0.2, -0.15) is 11.3 Å². The minimum atomic E-state index is -0.0320. The largest absolute Gasteiger partial charge is 0.396 e. The summed E-state index contributed by atoms with van der Waals surface area (Å²) in [5.41, 5.74) is 2.61. The van der Waals surface area contributed by atoms with Crippen LogP contribution in [0.15, 0.2) is 35.0 Å². The minimum absolute atomic E-state index is 0.0320. The number of aliphatic hydroxyl groups is 1. The van der Waals surface area contributed by atoms with E-state index >= 15 is 0 Å². The van der Waals surface area contributed by atoms with Crippen LogP contribution in [-0.2, 0) is 11.3 Å². The second-order valence-electron chi connectivity index (χ2n) is 10.6. The van der Waals surface area contributed by atoms with E-state index in [1.807, 2.05) is 18.2 Å². The number of nitrogens with zero attached hydrogens (tertiary/aromatic N) is 2. The first kappa shape index (κ1) is 28.9. The summed E-state index contributed by atoms with van der Waals surface area (Å²) in [6.07, 6.45) is 5.72. The van der Waals surface area contributed by atoms with Crippen molar-refractivity contribution in [1.82, 2.24) is 9.80 Å². The van der Waals surface area contributed by atoms with Gasteiger partial charge in [-0.15, -0.1) is 0 Å². The molecule has 35 heavy (non-hydrogen) atoms. The van der Waals surface area contributed by atoms with Crippen LogP contribution in [0, 0.1) is 5.92 Å². The summed E-state index contributed by atoms with van der Waals surface area (Å²) in [7, 11) is 2.19. The number of thiophene rings is 1. The van der Waals surface area contributed by atoms with Gasteiger partial charge >= 0.3 is 0 Å². The number of piperidine rings is 1. The van der Waals surface area contributed by atoms with Crippen molar-refractivity contribution in [3.63, 3.8) is 0 Å². The van der Waals surface area contributed by atoms with Gasteiger partial charge in [0.25, 0.3) is 0 Å². The van der Waals surface area contributed by atoms with E-state index in [0.717, 1.165) is 49.0 Å². The van der Waals surface area contributed by atoms with Gasteiger partial charge in [0, 0.05) is 36.3 Å². The number of halogens is 2. The Bertz CT molecular complexity index is 870. The van der Waals surface area contributed by atoms with Crippen LogP contribution in [0.5, 0.6) is 0 Å². The van der Waals surface area contributed by atoms with Gasteiger partial charge < -0.3 is 14.7 Å². The second-order valence-corrected chi connectivity index (χ2v) is 12.3. The summed E-state index contributed by atoms with van der Waals surface area (Å²) >= 11 is 13.9. The number of benzene rings is 1. The molecule has 7 heteroatoms. The van der Waals surface area contributed by atoms with E-state index in [4.69, 9.17) is 33.0 Å². The van der Waals surface area contributed by atoms with E-state index in [9.17, 15) is 0 Å². The molecule has 0 saturated carbocycles. The van der Waals surface area contributed by atoms with Crippen molar-refractivity contribution in [2.45, 2.75) is 64.0 Å². The Hall–Kier alpha value is -0.660. The van der Waals surface area contributed by atoms with Crippen molar-refractivity contribution in [3.05, 3.63) is 56.2 Å². The van der Waals surface area contributed by atoms with Crippen molar-refractivity contribution in [1.29, 1.82) is 0 Å². The Morgan fingerprint density at radius 2 is 1.89 bits per heavy atom. The van der Waals surface area contributed by atoms with Gasteiger partial charge in [-0.25, -0.2) is 0 Å². The molecule has 1 aromatic carbocycles. The highest BCUT2D eigenvalue weighted by molar-refractivity contribution is 7.08. The van der Waals surface area contributed by atoms with Crippen molar-refractivity contribution in [3.8, 4) is 0 Å². The Labute approximate surface area is 226 Å². The fraction of sp³-hybridized carbons (Fsp3) is 0.643. The molecule has 1 atom stereocenters.